The number of rotatable bonds is 4. The third-order valence-electron chi connectivity index (χ3n) is 8.87. The molecule has 1 saturated heterocycles. The van der Waals surface area contributed by atoms with Crippen molar-refractivity contribution >= 4 is 29.6 Å². The lowest BCUT2D eigenvalue weighted by molar-refractivity contribution is -0.122. The lowest BCUT2D eigenvalue weighted by atomic mass is 9.48. The number of carbonyl (C=O) groups excluding carboxylic acids is 3. The summed E-state index contributed by atoms with van der Waals surface area (Å²) in [4.78, 5) is 39.9. The number of imide groups is 2. The van der Waals surface area contributed by atoms with Crippen LogP contribution in [0.3, 0.4) is 0 Å². The van der Waals surface area contributed by atoms with Crippen molar-refractivity contribution < 1.29 is 28.6 Å². The van der Waals surface area contributed by atoms with E-state index in [0.717, 1.165) is 22.7 Å². The molecule has 0 spiro atoms. The number of carbonyl (C=O) groups is 3. The van der Waals surface area contributed by atoms with E-state index in [1.54, 1.807) is 12.1 Å². The van der Waals surface area contributed by atoms with Gasteiger partial charge in [0.1, 0.15) is 5.57 Å². The molecule has 2 heterocycles. The van der Waals surface area contributed by atoms with E-state index in [4.69, 9.17) is 14.2 Å². The molecule has 6 aliphatic rings. The van der Waals surface area contributed by atoms with Gasteiger partial charge in [0.2, 0.25) is 12.5 Å². The van der Waals surface area contributed by atoms with Crippen molar-refractivity contribution in [1.29, 1.82) is 0 Å². The van der Waals surface area contributed by atoms with Crippen LogP contribution in [0.5, 0.6) is 17.2 Å². The first-order chi connectivity index (χ1) is 17.9. The molecule has 4 saturated carbocycles. The van der Waals surface area contributed by atoms with Gasteiger partial charge in [0.05, 0.1) is 12.8 Å². The average Bonchev–Trinajstić information content (AvgIpc) is 3.34. The molecular formula is C29H28N2O6. The van der Waals surface area contributed by atoms with E-state index in [1.807, 2.05) is 12.1 Å². The number of fused-ring (bicyclic) bond motifs is 1. The highest BCUT2D eigenvalue weighted by Gasteiger charge is 2.51. The summed E-state index contributed by atoms with van der Waals surface area (Å²) < 4.78 is 16.2. The molecule has 190 valence electrons. The van der Waals surface area contributed by atoms with E-state index in [9.17, 15) is 14.4 Å². The molecule has 8 rings (SSSR count). The minimum atomic E-state index is -0.752. The van der Waals surface area contributed by atoms with Crippen molar-refractivity contribution in [3.8, 4) is 17.2 Å². The maximum absolute atomic E-state index is 13.4. The Morgan fingerprint density at radius 3 is 2.30 bits per heavy atom. The molecule has 0 radical (unpaired) electrons. The molecule has 2 aromatic rings. The first-order valence-electron chi connectivity index (χ1n) is 12.9. The highest BCUT2D eigenvalue weighted by atomic mass is 16.7. The zero-order chi connectivity index (χ0) is 25.3. The summed E-state index contributed by atoms with van der Waals surface area (Å²) in [6.45, 7) is 0.0622. The van der Waals surface area contributed by atoms with Gasteiger partial charge in [-0.1, -0.05) is 12.1 Å². The number of anilines is 1. The van der Waals surface area contributed by atoms with Crippen LogP contribution in [0.1, 0.15) is 49.7 Å². The second-order valence-electron chi connectivity index (χ2n) is 11.2. The third kappa shape index (κ3) is 3.53. The van der Waals surface area contributed by atoms with Gasteiger partial charge in [-0.15, -0.1) is 0 Å². The van der Waals surface area contributed by atoms with Crippen LogP contribution in [0.15, 0.2) is 42.0 Å². The Labute approximate surface area is 214 Å². The van der Waals surface area contributed by atoms with Gasteiger partial charge in [0.15, 0.2) is 11.5 Å². The molecule has 4 bridgehead atoms. The summed E-state index contributed by atoms with van der Waals surface area (Å²) >= 11 is 0. The summed E-state index contributed by atoms with van der Waals surface area (Å²) in [6, 6.07) is 10.4. The number of nitrogens with one attached hydrogen (secondary N) is 1. The Morgan fingerprint density at radius 1 is 0.973 bits per heavy atom. The molecule has 4 amide bonds. The number of hydrogen-bond acceptors (Lipinski definition) is 6. The molecule has 8 heteroatoms. The largest absolute Gasteiger partial charge is 0.493 e. The van der Waals surface area contributed by atoms with Gasteiger partial charge < -0.3 is 14.2 Å². The molecule has 0 unspecified atom stereocenters. The molecule has 2 aromatic carbocycles. The van der Waals surface area contributed by atoms with Crippen LogP contribution < -0.4 is 24.4 Å². The number of barbiturate groups is 1. The van der Waals surface area contributed by atoms with Gasteiger partial charge in [-0.05, 0) is 103 Å². The predicted octanol–water partition coefficient (Wildman–Crippen LogP) is 4.56. The maximum atomic E-state index is 13.4. The Bertz CT molecular complexity index is 1330. The van der Waals surface area contributed by atoms with Crippen LogP contribution in [-0.4, -0.2) is 31.7 Å². The second kappa shape index (κ2) is 8.10. The fourth-order valence-electron chi connectivity index (χ4n) is 7.72. The first kappa shape index (κ1) is 22.4. The van der Waals surface area contributed by atoms with Gasteiger partial charge in [-0.25, -0.2) is 9.69 Å². The SMILES string of the molecule is COc1cc(/C=C2\C(=O)NC(=O)N(c3ccc(C45CC6CC(CC(C6)C4)C5)cc3)C2=O)cc2c1OCO2. The Balaban J connectivity index is 1.19. The standard InChI is InChI=1S/C29H28N2O6/c1-35-23-10-16(11-24-25(23)37-15-36-24)9-22-26(32)30-28(34)31(27(22)33)21-4-2-20(3-5-21)29-12-17-6-18(13-29)8-19(7-17)14-29/h2-5,9-11,17-19H,6-8,12-15H2,1H3,(H,30,32,34)/b22-9+. The molecular weight excluding hydrogens is 472 g/mol. The fourth-order valence-corrected chi connectivity index (χ4v) is 7.72. The molecule has 0 atom stereocenters. The van der Waals surface area contributed by atoms with Crippen molar-refractivity contribution in [1.82, 2.24) is 5.32 Å². The van der Waals surface area contributed by atoms with Crippen LogP contribution in [0.25, 0.3) is 6.08 Å². The predicted molar refractivity (Wildman–Crippen MR) is 134 cm³/mol. The topological polar surface area (TPSA) is 94.2 Å². The third-order valence-corrected chi connectivity index (χ3v) is 8.87. The summed E-state index contributed by atoms with van der Waals surface area (Å²) in [6.07, 6.45) is 9.27. The Hall–Kier alpha value is -3.81. The summed E-state index contributed by atoms with van der Waals surface area (Å²) in [7, 11) is 1.50. The lowest BCUT2D eigenvalue weighted by Gasteiger charge is -2.57. The number of amides is 4. The smallest absolute Gasteiger partial charge is 0.335 e. The fraction of sp³-hybridized carbons (Fsp3) is 0.414. The number of benzene rings is 2. The number of methoxy groups -OCH3 is 1. The van der Waals surface area contributed by atoms with E-state index in [0.29, 0.717) is 28.5 Å². The number of ether oxygens (including phenoxy) is 3. The number of nitrogens with zero attached hydrogens (tertiary/aromatic N) is 1. The summed E-state index contributed by atoms with van der Waals surface area (Å²) in [5.74, 6) is 2.43. The van der Waals surface area contributed by atoms with E-state index >= 15 is 0 Å². The van der Waals surface area contributed by atoms with Gasteiger partial charge >= 0.3 is 6.03 Å². The van der Waals surface area contributed by atoms with E-state index in [-0.39, 0.29) is 17.8 Å². The van der Waals surface area contributed by atoms with Crippen molar-refractivity contribution in [2.24, 2.45) is 17.8 Å². The van der Waals surface area contributed by atoms with E-state index in [2.05, 4.69) is 17.4 Å². The average molecular weight is 501 g/mol. The lowest BCUT2D eigenvalue weighted by Crippen LogP contribution is -2.54. The van der Waals surface area contributed by atoms with Crippen molar-refractivity contribution in [2.75, 3.05) is 18.8 Å². The minimum Gasteiger partial charge on any atom is -0.493 e. The van der Waals surface area contributed by atoms with Gasteiger partial charge in [0, 0.05) is 0 Å². The molecule has 0 aromatic heterocycles. The summed E-state index contributed by atoms with van der Waals surface area (Å²) in [5, 5.41) is 2.30. The van der Waals surface area contributed by atoms with Crippen LogP contribution in [-0.2, 0) is 15.0 Å². The van der Waals surface area contributed by atoms with Crippen molar-refractivity contribution in [3.63, 3.8) is 0 Å². The quantitative estimate of drug-likeness (QED) is 0.489. The van der Waals surface area contributed by atoms with Gasteiger partial charge in [-0.3, -0.25) is 14.9 Å². The number of urea groups is 1. The van der Waals surface area contributed by atoms with Crippen molar-refractivity contribution in [3.05, 3.63) is 53.1 Å². The normalized spacial score (nSPS) is 30.7. The first-order valence-corrected chi connectivity index (χ1v) is 12.9. The minimum absolute atomic E-state index is 0.0622. The maximum Gasteiger partial charge on any atom is 0.335 e. The molecule has 5 fully saturated rings. The molecule has 4 aliphatic carbocycles. The van der Waals surface area contributed by atoms with Crippen LogP contribution in [0, 0.1) is 17.8 Å². The van der Waals surface area contributed by atoms with E-state index in [1.165, 1.54) is 57.3 Å². The monoisotopic (exact) mass is 500 g/mol. The van der Waals surface area contributed by atoms with Crippen LogP contribution >= 0.6 is 0 Å². The zero-order valence-corrected chi connectivity index (χ0v) is 20.6. The number of hydrogen-bond donors (Lipinski definition) is 1. The van der Waals surface area contributed by atoms with Gasteiger partial charge in [-0.2, -0.15) is 0 Å². The molecule has 2 aliphatic heterocycles. The Morgan fingerprint density at radius 2 is 1.65 bits per heavy atom. The highest BCUT2D eigenvalue weighted by molar-refractivity contribution is 6.39. The summed E-state index contributed by atoms with van der Waals surface area (Å²) in [5.41, 5.74) is 2.34. The van der Waals surface area contributed by atoms with Crippen molar-refractivity contribution in [2.45, 2.75) is 43.9 Å². The zero-order valence-electron chi connectivity index (χ0n) is 20.6. The van der Waals surface area contributed by atoms with Crippen LogP contribution in [0.4, 0.5) is 10.5 Å². The van der Waals surface area contributed by atoms with E-state index < -0.39 is 17.8 Å². The molecule has 1 N–H and O–H groups in total. The second-order valence-corrected chi connectivity index (χ2v) is 11.2. The Kier molecular flexibility index (Phi) is 4.90. The highest BCUT2D eigenvalue weighted by Crippen LogP contribution is 2.60. The van der Waals surface area contributed by atoms with Crippen LogP contribution in [0.2, 0.25) is 0 Å². The van der Waals surface area contributed by atoms with Gasteiger partial charge in [0.25, 0.3) is 11.8 Å². The molecule has 37 heavy (non-hydrogen) atoms. The molecule has 8 nitrogen and oxygen atoms in total.